The smallest absolute Gasteiger partial charge is 0.00637 e. The van der Waals surface area contributed by atoms with Crippen molar-refractivity contribution in [2.75, 3.05) is 0 Å². The quantitative estimate of drug-likeness (QED) is 0.541. The summed E-state index contributed by atoms with van der Waals surface area (Å²) < 4.78 is 0. The lowest BCUT2D eigenvalue weighted by Gasteiger charge is -2.41. The SMILES string of the molecule is CC(C)(C)c1ccc(CP(C(C)(C)C)C(C)(C)C)cc1. The molecule has 0 fully saturated rings. The molecule has 114 valence electrons. The maximum Gasteiger partial charge on any atom is -0.00637 e. The van der Waals surface area contributed by atoms with Crippen LogP contribution in [0.4, 0.5) is 0 Å². The first-order chi connectivity index (χ1) is 8.82. The summed E-state index contributed by atoms with van der Waals surface area (Å²) in [6, 6.07) is 9.31. The molecule has 0 bridgehead atoms. The van der Waals surface area contributed by atoms with E-state index < -0.39 is 0 Å². The third-order valence-electron chi connectivity index (χ3n) is 3.78. The number of benzene rings is 1. The summed E-state index contributed by atoms with van der Waals surface area (Å²) in [7, 11) is -0.0568. The third kappa shape index (κ3) is 4.88. The molecule has 1 rings (SSSR count). The van der Waals surface area contributed by atoms with Crippen LogP contribution in [0.25, 0.3) is 0 Å². The molecule has 0 saturated heterocycles. The van der Waals surface area contributed by atoms with E-state index in [2.05, 4.69) is 86.6 Å². The lowest BCUT2D eigenvalue weighted by Crippen LogP contribution is -2.25. The second kappa shape index (κ2) is 5.80. The molecule has 0 aliphatic carbocycles. The van der Waals surface area contributed by atoms with Crippen molar-refractivity contribution >= 4 is 7.92 Å². The van der Waals surface area contributed by atoms with E-state index in [1.54, 1.807) is 0 Å². The van der Waals surface area contributed by atoms with E-state index in [-0.39, 0.29) is 13.3 Å². The van der Waals surface area contributed by atoms with Crippen molar-refractivity contribution in [2.45, 2.75) is 84.2 Å². The Morgan fingerprint density at radius 3 is 1.40 bits per heavy atom. The minimum atomic E-state index is -0.0568. The third-order valence-corrected chi connectivity index (χ3v) is 7.70. The highest BCUT2D eigenvalue weighted by atomic mass is 31.1. The summed E-state index contributed by atoms with van der Waals surface area (Å²) in [5.74, 6) is 0. The molecule has 0 aliphatic heterocycles. The molecule has 0 aromatic heterocycles. The molecule has 0 saturated carbocycles. The normalized spacial score (nSPS) is 13.9. The molecule has 0 N–H and O–H groups in total. The average molecular weight is 292 g/mol. The van der Waals surface area contributed by atoms with Crippen molar-refractivity contribution < 1.29 is 0 Å². The predicted molar refractivity (Wildman–Crippen MR) is 95.3 cm³/mol. The standard InChI is InChI=1S/C19H33P/c1-17(2,3)16-12-10-15(11-13-16)14-20(18(4,5)6)19(7,8)9/h10-13H,14H2,1-9H3. The highest BCUT2D eigenvalue weighted by Gasteiger charge is 2.34. The Hall–Kier alpha value is -0.350. The van der Waals surface area contributed by atoms with E-state index in [0.717, 1.165) is 0 Å². The molecular formula is C19H33P. The molecule has 0 heterocycles. The fourth-order valence-electron chi connectivity index (χ4n) is 2.77. The van der Waals surface area contributed by atoms with Gasteiger partial charge in [-0.1, -0.05) is 94.5 Å². The molecule has 1 aromatic rings. The van der Waals surface area contributed by atoms with Crippen LogP contribution in [0.2, 0.25) is 0 Å². The van der Waals surface area contributed by atoms with Gasteiger partial charge >= 0.3 is 0 Å². The van der Waals surface area contributed by atoms with E-state index in [9.17, 15) is 0 Å². The first-order valence-corrected chi connectivity index (χ1v) is 9.22. The van der Waals surface area contributed by atoms with Crippen molar-refractivity contribution in [3.05, 3.63) is 35.4 Å². The molecule has 1 aromatic carbocycles. The zero-order valence-electron chi connectivity index (χ0n) is 15.0. The predicted octanol–water partition coefficient (Wildman–Crippen LogP) is 6.56. The Bertz CT molecular complexity index is 407. The van der Waals surface area contributed by atoms with Gasteiger partial charge in [0.05, 0.1) is 0 Å². The molecule has 0 nitrogen and oxygen atoms in total. The van der Waals surface area contributed by atoms with E-state index in [0.29, 0.717) is 10.3 Å². The highest BCUT2D eigenvalue weighted by Crippen LogP contribution is 2.61. The number of hydrogen-bond donors (Lipinski definition) is 0. The van der Waals surface area contributed by atoms with Gasteiger partial charge in [-0.3, -0.25) is 0 Å². The van der Waals surface area contributed by atoms with Crippen molar-refractivity contribution in [3.8, 4) is 0 Å². The molecule has 0 radical (unpaired) electrons. The van der Waals surface area contributed by atoms with Crippen molar-refractivity contribution in [3.63, 3.8) is 0 Å². The molecule has 0 amide bonds. The van der Waals surface area contributed by atoms with Crippen molar-refractivity contribution in [1.29, 1.82) is 0 Å². The van der Waals surface area contributed by atoms with Crippen LogP contribution in [-0.4, -0.2) is 10.3 Å². The van der Waals surface area contributed by atoms with Gasteiger partial charge in [0, 0.05) is 0 Å². The van der Waals surface area contributed by atoms with Gasteiger partial charge in [0.1, 0.15) is 0 Å². The topological polar surface area (TPSA) is 0 Å². The Kier molecular flexibility index (Phi) is 5.13. The van der Waals surface area contributed by atoms with E-state index in [1.807, 2.05) is 0 Å². The molecule has 0 atom stereocenters. The van der Waals surface area contributed by atoms with Crippen LogP contribution in [-0.2, 0) is 11.6 Å². The summed E-state index contributed by atoms with van der Waals surface area (Å²) in [4.78, 5) is 0. The van der Waals surface area contributed by atoms with Crippen LogP contribution in [0, 0.1) is 0 Å². The van der Waals surface area contributed by atoms with E-state index >= 15 is 0 Å². The molecule has 0 aliphatic rings. The molecular weight excluding hydrogens is 259 g/mol. The fraction of sp³-hybridized carbons (Fsp3) is 0.684. The number of hydrogen-bond acceptors (Lipinski definition) is 0. The van der Waals surface area contributed by atoms with E-state index in [4.69, 9.17) is 0 Å². The van der Waals surface area contributed by atoms with Gasteiger partial charge in [-0.05, 0) is 33.0 Å². The summed E-state index contributed by atoms with van der Waals surface area (Å²) in [6.07, 6.45) is 1.23. The number of rotatable bonds is 2. The molecule has 20 heavy (non-hydrogen) atoms. The van der Waals surface area contributed by atoms with Gasteiger partial charge in [-0.25, -0.2) is 0 Å². The maximum absolute atomic E-state index is 2.40. The van der Waals surface area contributed by atoms with Crippen LogP contribution in [0.5, 0.6) is 0 Å². The Labute approximate surface area is 128 Å². The van der Waals surface area contributed by atoms with Gasteiger partial charge in [0.2, 0.25) is 0 Å². The van der Waals surface area contributed by atoms with Crippen molar-refractivity contribution in [1.82, 2.24) is 0 Å². The molecule has 0 spiro atoms. The summed E-state index contributed by atoms with van der Waals surface area (Å²) in [5, 5.41) is 0.798. The van der Waals surface area contributed by atoms with Crippen LogP contribution in [0.3, 0.4) is 0 Å². The zero-order chi connectivity index (χ0) is 15.8. The molecule has 0 unspecified atom stereocenters. The lowest BCUT2D eigenvalue weighted by molar-refractivity contribution is 0.590. The summed E-state index contributed by atoms with van der Waals surface area (Å²) in [6.45, 7) is 21.2. The average Bonchev–Trinajstić information content (AvgIpc) is 2.22. The zero-order valence-corrected chi connectivity index (χ0v) is 15.9. The lowest BCUT2D eigenvalue weighted by atomic mass is 9.87. The van der Waals surface area contributed by atoms with Gasteiger partial charge < -0.3 is 0 Å². The van der Waals surface area contributed by atoms with Gasteiger partial charge in [-0.15, -0.1) is 0 Å². The largest absolute Gasteiger partial charge is 0.0911 e. The van der Waals surface area contributed by atoms with E-state index in [1.165, 1.54) is 17.3 Å². The van der Waals surface area contributed by atoms with Crippen LogP contribution >= 0.6 is 7.92 Å². The summed E-state index contributed by atoms with van der Waals surface area (Å²) in [5.41, 5.74) is 3.17. The van der Waals surface area contributed by atoms with Crippen LogP contribution in [0.1, 0.15) is 73.4 Å². The second-order valence-corrected chi connectivity index (χ2v) is 12.7. The highest BCUT2D eigenvalue weighted by molar-refractivity contribution is 7.60. The van der Waals surface area contributed by atoms with Gasteiger partial charge in [0.25, 0.3) is 0 Å². The first-order valence-electron chi connectivity index (χ1n) is 7.69. The Morgan fingerprint density at radius 2 is 1.10 bits per heavy atom. The van der Waals surface area contributed by atoms with Gasteiger partial charge in [-0.2, -0.15) is 0 Å². The first kappa shape index (κ1) is 17.7. The van der Waals surface area contributed by atoms with Crippen molar-refractivity contribution in [2.24, 2.45) is 0 Å². The minimum Gasteiger partial charge on any atom is -0.0911 e. The van der Waals surface area contributed by atoms with Crippen LogP contribution in [0.15, 0.2) is 24.3 Å². The Morgan fingerprint density at radius 1 is 0.700 bits per heavy atom. The minimum absolute atomic E-state index is 0.0568. The monoisotopic (exact) mass is 292 g/mol. The second-order valence-electron chi connectivity index (χ2n) is 8.87. The molecule has 1 heteroatoms. The van der Waals surface area contributed by atoms with Crippen LogP contribution < -0.4 is 0 Å². The Balaban J connectivity index is 2.97. The fourth-order valence-corrected chi connectivity index (χ4v) is 6.31. The van der Waals surface area contributed by atoms with Gasteiger partial charge in [0.15, 0.2) is 0 Å². The maximum atomic E-state index is 2.40. The summed E-state index contributed by atoms with van der Waals surface area (Å²) >= 11 is 0.